The summed E-state index contributed by atoms with van der Waals surface area (Å²) in [6, 6.07) is 17.0. The van der Waals surface area contributed by atoms with Gasteiger partial charge in [0.2, 0.25) is 0 Å². The molecule has 20 heavy (non-hydrogen) atoms. The molecule has 0 bridgehead atoms. The van der Waals surface area contributed by atoms with Crippen molar-refractivity contribution in [1.82, 2.24) is 4.90 Å². The van der Waals surface area contributed by atoms with Gasteiger partial charge in [-0.1, -0.05) is 46.3 Å². The van der Waals surface area contributed by atoms with E-state index in [1.807, 2.05) is 6.07 Å². The van der Waals surface area contributed by atoms with Crippen LogP contribution in [0, 0.1) is 0 Å². The van der Waals surface area contributed by atoms with Crippen molar-refractivity contribution in [3.8, 4) is 0 Å². The van der Waals surface area contributed by atoms with Crippen molar-refractivity contribution < 1.29 is 0 Å². The molecular formula is C17H19BrN2. The molecule has 2 nitrogen and oxygen atoms in total. The molecule has 104 valence electrons. The van der Waals surface area contributed by atoms with Gasteiger partial charge in [-0.25, -0.2) is 0 Å². The Hall–Kier alpha value is -1.32. The van der Waals surface area contributed by atoms with Gasteiger partial charge >= 0.3 is 0 Å². The highest BCUT2D eigenvalue weighted by Gasteiger charge is 2.23. The van der Waals surface area contributed by atoms with Gasteiger partial charge in [-0.2, -0.15) is 0 Å². The van der Waals surface area contributed by atoms with E-state index in [-0.39, 0.29) is 0 Å². The number of nitrogen functional groups attached to an aromatic ring is 1. The van der Waals surface area contributed by atoms with Crippen molar-refractivity contribution in [2.75, 3.05) is 18.8 Å². The van der Waals surface area contributed by atoms with Crippen LogP contribution < -0.4 is 5.73 Å². The SMILES string of the molecule is Nc1cc(Br)cc(CN2CCC(c3ccccc3)C2)c1. The fourth-order valence-corrected chi connectivity index (χ4v) is 3.56. The fraction of sp³-hybridized carbons (Fsp3) is 0.294. The van der Waals surface area contributed by atoms with E-state index in [2.05, 4.69) is 63.3 Å². The van der Waals surface area contributed by atoms with Gasteiger partial charge in [0.25, 0.3) is 0 Å². The Morgan fingerprint density at radius 3 is 2.70 bits per heavy atom. The van der Waals surface area contributed by atoms with E-state index in [1.165, 1.54) is 17.5 Å². The average molecular weight is 331 g/mol. The van der Waals surface area contributed by atoms with Crippen molar-refractivity contribution in [2.24, 2.45) is 0 Å². The molecule has 0 amide bonds. The lowest BCUT2D eigenvalue weighted by Gasteiger charge is -2.17. The summed E-state index contributed by atoms with van der Waals surface area (Å²) in [7, 11) is 0. The summed E-state index contributed by atoms with van der Waals surface area (Å²) in [6.45, 7) is 3.27. The quantitative estimate of drug-likeness (QED) is 0.861. The molecule has 2 N–H and O–H groups in total. The van der Waals surface area contributed by atoms with Gasteiger partial charge in [0.1, 0.15) is 0 Å². The molecule has 0 spiro atoms. The van der Waals surface area contributed by atoms with Crippen molar-refractivity contribution in [3.63, 3.8) is 0 Å². The first kappa shape index (κ1) is 13.7. The monoisotopic (exact) mass is 330 g/mol. The van der Waals surface area contributed by atoms with Gasteiger partial charge in [-0.15, -0.1) is 0 Å². The zero-order valence-electron chi connectivity index (χ0n) is 11.4. The van der Waals surface area contributed by atoms with Crippen LogP contribution in [0.3, 0.4) is 0 Å². The summed E-state index contributed by atoms with van der Waals surface area (Å²) in [5.74, 6) is 0.667. The lowest BCUT2D eigenvalue weighted by atomic mass is 9.99. The fourth-order valence-electron chi connectivity index (χ4n) is 3.00. The second-order valence-electron chi connectivity index (χ2n) is 5.52. The largest absolute Gasteiger partial charge is 0.399 e. The van der Waals surface area contributed by atoms with Crippen LogP contribution in [0.1, 0.15) is 23.5 Å². The van der Waals surface area contributed by atoms with E-state index in [9.17, 15) is 0 Å². The maximum absolute atomic E-state index is 5.90. The molecule has 2 aromatic carbocycles. The van der Waals surface area contributed by atoms with Gasteiger partial charge in [0, 0.05) is 23.2 Å². The summed E-state index contributed by atoms with van der Waals surface area (Å²) in [5, 5.41) is 0. The maximum atomic E-state index is 5.90. The molecule has 0 aliphatic carbocycles. The standard InChI is InChI=1S/C17H19BrN2/c18-16-8-13(9-17(19)10-16)11-20-7-6-15(12-20)14-4-2-1-3-5-14/h1-5,8-10,15H,6-7,11-12,19H2. The van der Waals surface area contributed by atoms with E-state index in [0.29, 0.717) is 5.92 Å². The number of halogens is 1. The van der Waals surface area contributed by atoms with Gasteiger partial charge in [0.05, 0.1) is 0 Å². The van der Waals surface area contributed by atoms with Crippen LogP contribution in [0.25, 0.3) is 0 Å². The zero-order valence-corrected chi connectivity index (χ0v) is 13.0. The normalized spacial score (nSPS) is 19.4. The van der Waals surface area contributed by atoms with Crippen LogP contribution in [-0.2, 0) is 6.54 Å². The molecule has 1 aliphatic rings. The van der Waals surface area contributed by atoms with Crippen molar-refractivity contribution in [1.29, 1.82) is 0 Å². The number of likely N-dealkylation sites (tertiary alicyclic amines) is 1. The summed E-state index contributed by atoms with van der Waals surface area (Å²) >= 11 is 3.51. The van der Waals surface area contributed by atoms with Crippen LogP contribution in [0.5, 0.6) is 0 Å². The van der Waals surface area contributed by atoms with Gasteiger partial charge in [0.15, 0.2) is 0 Å². The lowest BCUT2D eigenvalue weighted by Crippen LogP contribution is -2.19. The zero-order chi connectivity index (χ0) is 13.9. The van der Waals surface area contributed by atoms with E-state index in [4.69, 9.17) is 5.73 Å². The van der Waals surface area contributed by atoms with Gasteiger partial charge in [-0.3, -0.25) is 4.90 Å². The minimum Gasteiger partial charge on any atom is -0.399 e. The number of hydrogen-bond donors (Lipinski definition) is 1. The Morgan fingerprint density at radius 2 is 1.95 bits per heavy atom. The Morgan fingerprint density at radius 1 is 1.15 bits per heavy atom. The average Bonchev–Trinajstić information content (AvgIpc) is 2.87. The highest BCUT2D eigenvalue weighted by Crippen LogP contribution is 2.28. The summed E-state index contributed by atoms with van der Waals surface area (Å²) in [4.78, 5) is 2.51. The molecule has 1 fully saturated rings. The Kier molecular flexibility index (Phi) is 4.08. The summed E-state index contributed by atoms with van der Waals surface area (Å²) in [5.41, 5.74) is 9.48. The molecular weight excluding hydrogens is 312 g/mol. The van der Waals surface area contributed by atoms with Gasteiger partial charge < -0.3 is 5.73 Å². The second kappa shape index (κ2) is 5.98. The third kappa shape index (κ3) is 3.22. The third-order valence-electron chi connectivity index (χ3n) is 3.93. The number of benzene rings is 2. The van der Waals surface area contributed by atoms with Crippen LogP contribution in [0.2, 0.25) is 0 Å². The third-order valence-corrected chi connectivity index (χ3v) is 4.39. The summed E-state index contributed by atoms with van der Waals surface area (Å²) in [6.07, 6.45) is 1.24. The molecule has 3 rings (SSSR count). The molecule has 1 aliphatic heterocycles. The van der Waals surface area contributed by atoms with Crippen LogP contribution >= 0.6 is 15.9 Å². The molecule has 1 heterocycles. The number of nitrogens with zero attached hydrogens (tertiary/aromatic N) is 1. The molecule has 1 atom stereocenters. The molecule has 3 heteroatoms. The topological polar surface area (TPSA) is 29.3 Å². The Bertz CT molecular complexity index is 563. The highest BCUT2D eigenvalue weighted by molar-refractivity contribution is 9.10. The van der Waals surface area contributed by atoms with Crippen LogP contribution in [0.4, 0.5) is 5.69 Å². The van der Waals surface area contributed by atoms with Crippen molar-refractivity contribution >= 4 is 21.6 Å². The predicted octanol–water partition coefficient (Wildman–Crippen LogP) is 4.02. The van der Waals surface area contributed by atoms with Crippen LogP contribution in [0.15, 0.2) is 53.0 Å². The molecule has 1 saturated heterocycles. The number of hydrogen-bond acceptors (Lipinski definition) is 2. The number of rotatable bonds is 3. The Balaban J connectivity index is 1.66. The first-order valence-corrected chi connectivity index (χ1v) is 7.82. The minimum absolute atomic E-state index is 0.667. The highest BCUT2D eigenvalue weighted by atomic mass is 79.9. The molecule has 0 saturated carbocycles. The lowest BCUT2D eigenvalue weighted by molar-refractivity contribution is 0.327. The smallest absolute Gasteiger partial charge is 0.0328 e. The maximum Gasteiger partial charge on any atom is 0.0328 e. The Labute approximate surface area is 128 Å². The van der Waals surface area contributed by atoms with Crippen LogP contribution in [-0.4, -0.2) is 18.0 Å². The number of nitrogens with two attached hydrogens (primary N) is 1. The van der Waals surface area contributed by atoms with Crippen molar-refractivity contribution in [2.45, 2.75) is 18.9 Å². The first-order valence-electron chi connectivity index (χ1n) is 7.03. The van der Waals surface area contributed by atoms with E-state index < -0.39 is 0 Å². The van der Waals surface area contributed by atoms with E-state index >= 15 is 0 Å². The predicted molar refractivity (Wildman–Crippen MR) is 87.6 cm³/mol. The first-order chi connectivity index (χ1) is 9.70. The van der Waals surface area contributed by atoms with E-state index in [1.54, 1.807) is 0 Å². The molecule has 1 unspecified atom stereocenters. The second-order valence-corrected chi connectivity index (χ2v) is 6.44. The minimum atomic E-state index is 0.667. The summed E-state index contributed by atoms with van der Waals surface area (Å²) < 4.78 is 1.06. The van der Waals surface area contributed by atoms with E-state index in [0.717, 1.165) is 29.8 Å². The number of anilines is 1. The van der Waals surface area contributed by atoms with Crippen molar-refractivity contribution in [3.05, 3.63) is 64.1 Å². The molecule has 0 radical (unpaired) electrons. The molecule has 2 aromatic rings. The van der Waals surface area contributed by atoms with Gasteiger partial charge in [-0.05, 0) is 48.2 Å². The molecule has 0 aromatic heterocycles.